The van der Waals surface area contributed by atoms with E-state index in [9.17, 15) is 9.59 Å². The lowest BCUT2D eigenvalue weighted by Gasteiger charge is -2.13. The second-order valence-corrected chi connectivity index (χ2v) is 6.02. The lowest BCUT2D eigenvalue weighted by Crippen LogP contribution is -2.44. The molecule has 0 aliphatic carbocycles. The van der Waals surface area contributed by atoms with Crippen LogP contribution in [0.2, 0.25) is 0 Å². The number of aromatic nitrogens is 1. The Morgan fingerprint density at radius 2 is 2.00 bits per heavy atom. The van der Waals surface area contributed by atoms with Crippen LogP contribution in [0.25, 0.3) is 0 Å². The summed E-state index contributed by atoms with van der Waals surface area (Å²) >= 11 is 1.18. The minimum Gasteiger partial charge on any atom is -0.382 e. The molecule has 0 radical (unpaired) electrons. The molecule has 5 N–H and O–H groups in total. The molecule has 0 aromatic carbocycles. The van der Waals surface area contributed by atoms with E-state index in [0.717, 1.165) is 6.42 Å². The van der Waals surface area contributed by atoms with Crippen LogP contribution in [0.4, 0.5) is 10.9 Å². The van der Waals surface area contributed by atoms with Crippen molar-refractivity contribution in [2.75, 3.05) is 17.6 Å². The van der Waals surface area contributed by atoms with E-state index in [0.29, 0.717) is 16.6 Å². The van der Waals surface area contributed by atoms with Gasteiger partial charge in [-0.1, -0.05) is 18.3 Å². The number of nitrogen functional groups attached to an aromatic ring is 1. The van der Waals surface area contributed by atoms with Crippen LogP contribution in [0.15, 0.2) is 0 Å². The molecule has 8 heteroatoms. The third-order valence-corrected chi connectivity index (χ3v) is 3.56. The molecule has 0 aliphatic heterocycles. The van der Waals surface area contributed by atoms with Crippen LogP contribution in [-0.2, 0) is 4.79 Å². The highest BCUT2D eigenvalue weighted by Gasteiger charge is 2.21. The summed E-state index contributed by atoms with van der Waals surface area (Å²) in [6.07, 6.45) is 0.846. The Kier molecular flexibility index (Phi) is 6.41. The average molecular weight is 313 g/mol. The second kappa shape index (κ2) is 7.82. The van der Waals surface area contributed by atoms with Gasteiger partial charge in [-0.25, -0.2) is 4.98 Å². The quantitative estimate of drug-likeness (QED) is 0.604. The van der Waals surface area contributed by atoms with Crippen LogP contribution >= 0.6 is 11.3 Å². The number of anilines is 2. The number of thiazole rings is 1. The summed E-state index contributed by atoms with van der Waals surface area (Å²) in [5, 5.41) is 9.04. The maximum atomic E-state index is 12.1. The van der Waals surface area contributed by atoms with E-state index in [1.807, 2.05) is 20.8 Å². The summed E-state index contributed by atoms with van der Waals surface area (Å²) in [6, 6.07) is -0.419. The Morgan fingerprint density at radius 1 is 1.33 bits per heavy atom. The van der Waals surface area contributed by atoms with Crippen molar-refractivity contribution < 1.29 is 9.59 Å². The number of hydrogen-bond acceptors (Lipinski definition) is 6. The third-order valence-electron chi connectivity index (χ3n) is 2.56. The van der Waals surface area contributed by atoms with Gasteiger partial charge in [0.1, 0.15) is 16.7 Å². The summed E-state index contributed by atoms with van der Waals surface area (Å²) in [6.45, 7) is 8.12. The van der Waals surface area contributed by atoms with E-state index in [1.165, 1.54) is 11.3 Å². The first-order valence-corrected chi connectivity index (χ1v) is 7.78. The van der Waals surface area contributed by atoms with Crippen molar-refractivity contribution in [1.82, 2.24) is 15.6 Å². The molecule has 0 aliphatic rings. The summed E-state index contributed by atoms with van der Waals surface area (Å²) in [5.41, 5.74) is 5.75. The predicted molar refractivity (Wildman–Crippen MR) is 85.5 cm³/mol. The summed E-state index contributed by atoms with van der Waals surface area (Å²) in [4.78, 5) is 28.3. The third kappa shape index (κ3) is 5.22. The molecule has 7 nitrogen and oxygen atoms in total. The fourth-order valence-electron chi connectivity index (χ4n) is 1.53. The topological polar surface area (TPSA) is 109 Å². The second-order valence-electron chi connectivity index (χ2n) is 5.02. The molecular weight excluding hydrogens is 290 g/mol. The Balaban J connectivity index is 2.67. The molecule has 1 aromatic rings. The zero-order valence-electron chi connectivity index (χ0n) is 12.8. The highest BCUT2D eigenvalue weighted by atomic mass is 32.1. The standard InChI is InChI=1S/C13H23N5O2S/c1-5-6-15-11(19)8(4)17-12(20)9-10(14)18-13(21-9)16-7(2)3/h7-8H,5-6,14H2,1-4H3,(H,15,19)(H,16,18)(H,17,20). The average Bonchev–Trinajstić information content (AvgIpc) is 2.75. The van der Waals surface area contributed by atoms with Gasteiger partial charge in [0.05, 0.1) is 0 Å². The van der Waals surface area contributed by atoms with Crippen LogP contribution in [0.1, 0.15) is 43.8 Å². The first-order valence-electron chi connectivity index (χ1n) is 6.96. The van der Waals surface area contributed by atoms with Crippen LogP contribution < -0.4 is 21.7 Å². The van der Waals surface area contributed by atoms with Crippen molar-refractivity contribution in [2.45, 2.75) is 46.2 Å². The summed E-state index contributed by atoms with van der Waals surface area (Å²) in [5.74, 6) is -0.434. The van der Waals surface area contributed by atoms with E-state index in [-0.39, 0.29) is 23.7 Å². The molecule has 0 fully saturated rings. The van der Waals surface area contributed by atoms with Gasteiger partial charge >= 0.3 is 0 Å². The Bertz CT molecular complexity index is 501. The van der Waals surface area contributed by atoms with Crippen molar-refractivity contribution in [3.8, 4) is 0 Å². The minimum absolute atomic E-state index is 0.168. The molecule has 0 bridgehead atoms. The van der Waals surface area contributed by atoms with Crippen LogP contribution in [0.5, 0.6) is 0 Å². The fraction of sp³-hybridized carbons (Fsp3) is 0.615. The minimum atomic E-state index is -0.618. The van der Waals surface area contributed by atoms with Gasteiger partial charge in [-0.3, -0.25) is 9.59 Å². The van der Waals surface area contributed by atoms with Crippen molar-refractivity contribution in [1.29, 1.82) is 0 Å². The normalized spacial score (nSPS) is 12.0. The first-order chi connectivity index (χ1) is 9.85. The monoisotopic (exact) mass is 313 g/mol. The number of carbonyl (C=O) groups excluding carboxylic acids is 2. The molecule has 0 saturated heterocycles. The molecule has 2 amide bonds. The van der Waals surface area contributed by atoms with Crippen molar-refractivity contribution in [3.05, 3.63) is 4.88 Å². The van der Waals surface area contributed by atoms with Gasteiger partial charge in [0.2, 0.25) is 5.91 Å². The molecule has 1 heterocycles. The van der Waals surface area contributed by atoms with Crippen molar-refractivity contribution in [3.63, 3.8) is 0 Å². The Labute approximate surface area is 128 Å². The van der Waals surface area contributed by atoms with E-state index in [2.05, 4.69) is 20.9 Å². The maximum absolute atomic E-state index is 12.1. The summed E-state index contributed by atoms with van der Waals surface area (Å²) < 4.78 is 0. The fourth-order valence-corrected chi connectivity index (χ4v) is 2.47. The zero-order valence-corrected chi connectivity index (χ0v) is 13.6. The highest BCUT2D eigenvalue weighted by Crippen LogP contribution is 2.25. The largest absolute Gasteiger partial charge is 0.382 e. The van der Waals surface area contributed by atoms with E-state index in [4.69, 9.17) is 5.73 Å². The lowest BCUT2D eigenvalue weighted by molar-refractivity contribution is -0.122. The number of nitrogens with one attached hydrogen (secondary N) is 3. The van der Waals surface area contributed by atoms with Gasteiger partial charge in [-0.2, -0.15) is 0 Å². The van der Waals surface area contributed by atoms with E-state index >= 15 is 0 Å². The lowest BCUT2D eigenvalue weighted by atomic mass is 10.3. The van der Waals surface area contributed by atoms with Crippen molar-refractivity contribution in [2.24, 2.45) is 0 Å². The molecule has 1 atom stereocenters. The van der Waals surface area contributed by atoms with E-state index in [1.54, 1.807) is 6.92 Å². The SMILES string of the molecule is CCCNC(=O)C(C)NC(=O)c1sc(NC(C)C)nc1N. The van der Waals surface area contributed by atoms with Gasteiger partial charge in [0.15, 0.2) is 5.13 Å². The molecular formula is C13H23N5O2S. The number of hydrogen-bond donors (Lipinski definition) is 4. The van der Waals surface area contributed by atoms with Gasteiger partial charge in [0, 0.05) is 12.6 Å². The Hall–Kier alpha value is -1.83. The van der Waals surface area contributed by atoms with Gasteiger partial charge in [-0.15, -0.1) is 0 Å². The highest BCUT2D eigenvalue weighted by molar-refractivity contribution is 7.18. The summed E-state index contributed by atoms with van der Waals surface area (Å²) in [7, 11) is 0. The first kappa shape index (κ1) is 17.2. The molecule has 118 valence electrons. The smallest absolute Gasteiger partial charge is 0.265 e. The van der Waals surface area contributed by atoms with Gasteiger partial charge in [0.25, 0.3) is 5.91 Å². The molecule has 1 unspecified atom stereocenters. The zero-order chi connectivity index (χ0) is 16.0. The molecule has 21 heavy (non-hydrogen) atoms. The molecule has 1 rings (SSSR count). The van der Waals surface area contributed by atoms with E-state index < -0.39 is 6.04 Å². The maximum Gasteiger partial charge on any atom is 0.265 e. The Morgan fingerprint density at radius 3 is 2.57 bits per heavy atom. The molecule has 0 spiro atoms. The van der Waals surface area contributed by atoms with Gasteiger partial charge < -0.3 is 21.7 Å². The van der Waals surface area contributed by atoms with Gasteiger partial charge in [-0.05, 0) is 27.2 Å². The number of nitrogens with zero attached hydrogens (tertiary/aromatic N) is 1. The number of carbonyl (C=O) groups is 2. The van der Waals surface area contributed by atoms with Crippen LogP contribution in [-0.4, -0.2) is 35.4 Å². The predicted octanol–water partition coefficient (Wildman–Crippen LogP) is 1.19. The van der Waals surface area contributed by atoms with Crippen LogP contribution in [0, 0.1) is 0 Å². The molecule has 0 saturated carbocycles. The number of amides is 2. The molecule has 1 aromatic heterocycles. The number of rotatable bonds is 7. The van der Waals surface area contributed by atoms with Crippen LogP contribution in [0.3, 0.4) is 0 Å². The number of nitrogens with two attached hydrogens (primary N) is 1. The van der Waals surface area contributed by atoms with Crippen molar-refractivity contribution >= 4 is 34.1 Å².